The molecular weight excluding hydrogens is 300 g/mol. The van der Waals surface area contributed by atoms with E-state index in [-0.39, 0.29) is 0 Å². The van der Waals surface area contributed by atoms with Crippen LogP contribution in [-0.2, 0) is 0 Å². The first kappa shape index (κ1) is 21.3. The minimum atomic E-state index is 0.653. The lowest BCUT2D eigenvalue weighted by molar-refractivity contribution is 0.474. The van der Waals surface area contributed by atoms with Crippen molar-refractivity contribution in [2.24, 2.45) is 0 Å². The normalized spacial score (nSPS) is 21.1. The molecule has 2 atom stereocenters. The second kappa shape index (κ2) is 15.8. The van der Waals surface area contributed by atoms with Crippen molar-refractivity contribution >= 4 is 11.8 Å². The monoisotopic (exact) mass is 342 g/mol. The van der Waals surface area contributed by atoms with Crippen molar-refractivity contribution in [1.82, 2.24) is 10.9 Å². The third-order valence-corrected chi connectivity index (χ3v) is 6.24. The van der Waals surface area contributed by atoms with Crippen molar-refractivity contribution in [3.8, 4) is 0 Å². The molecule has 0 radical (unpaired) electrons. The molecule has 2 nitrogen and oxygen atoms in total. The highest BCUT2D eigenvalue weighted by Gasteiger charge is 2.22. The van der Waals surface area contributed by atoms with E-state index in [1.165, 1.54) is 103 Å². The fraction of sp³-hybridized carbons (Fsp3) is 1.00. The Balaban J connectivity index is 1.85. The molecule has 0 unspecified atom stereocenters. The minimum absolute atomic E-state index is 0.653. The van der Waals surface area contributed by atoms with E-state index in [1.54, 1.807) is 0 Å². The molecule has 0 saturated carbocycles. The first-order chi connectivity index (χ1) is 11.4. The van der Waals surface area contributed by atoms with E-state index < -0.39 is 0 Å². The van der Waals surface area contributed by atoms with Gasteiger partial charge in [-0.15, -0.1) is 11.8 Å². The van der Waals surface area contributed by atoms with Crippen LogP contribution in [0.4, 0.5) is 0 Å². The SMILES string of the molecule is CCCCCCCCC[C@@H]1NN[C@@H](CCCCCCCCC)S1. The summed E-state index contributed by atoms with van der Waals surface area (Å²) in [5.74, 6) is 0. The van der Waals surface area contributed by atoms with Crippen LogP contribution in [0.15, 0.2) is 0 Å². The average Bonchev–Trinajstić information content (AvgIpc) is 3.01. The van der Waals surface area contributed by atoms with Gasteiger partial charge in [0.15, 0.2) is 0 Å². The van der Waals surface area contributed by atoms with Crippen LogP contribution in [-0.4, -0.2) is 10.7 Å². The number of rotatable bonds is 16. The molecule has 0 aromatic rings. The van der Waals surface area contributed by atoms with Crippen molar-refractivity contribution in [3.63, 3.8) is 0 Å². The summed E-state index contributed by atoms with van der Waals surface area (Å²) in [6.45, 7) is 4.58. The van der Waals surface area contributed by atoms with Gasteiger partial charge in [0.25, 0.3) is 0 Å². The molecule has 1 saturated heterocycles. The number of hydrogen-bond acceptors (Lipinski definition) is 3. The Hall–Kier alpha value is 0.270. The topological polar surface area (TPSA) is 24.1 Å². The summed E-state index contributed by atoms with van der Waals surface area (Å²) < 4.78 is 0. The number of unbranched alkanes of at least 4 members (excludes halogenated alkanes) is 12. The van der Waals surface area contributed by atoms with E-state index >= 15 is 0 Å². The van der Waals surface area contributed by atoms with Crippen molar-refractivity contribution in [2.45, 2.75) is 127 Å². The van der Waals surface area contributed by atoms with Crippen LogP contribution in [0.25, 0.3) is 0 Å². The van der Waals surface area contributed by atoms with Gasteiger partial charge in [-0.05, 0) is 12.8 Å². The molecule has 1 fully saturated rings. The maximum Gasteiger partial charge on any atom is 0.0682 e. The van der Waals surface area contributed by atoms with Gasteiger partial charge in [-0.2, -0.15) is 0 Å². The van der Waals surface area contributed by atoms with Gasteiger partial charge in [-0.1, -0.05) is 104 Å². The van der Waals surface area contributed by atoms with E-state index in [0.29, 0.717) is 10.7 Å². The predicted octanol–water partition coefficient (Wildman–Crippen LogP) is 6.76. The van der Waals surface area contributed by atoms with E-state index in [9.17, 15) is 0 Å². The van der Waals surface area contributed by atoms with E-state index in [4.69, 9.17) is 0 Å². The van der Waals surface area contributed by atoms with Crippen molar-refractivity contribution < 1.29 is 0 Å². The molecule has 3 heteroatoms. The van der Waals surface area contributed by atoms with Gasteiger partial charge >= 0.3 is 0 Å². The highest BCUT2D eigenvalue weighted by atomic mass is 32.2. The molecule has 2 N–H and O–H groups in total. The second-order valence-corrected chi connectivity index (χ2v) is 8.63. The lowest BCUT2D eigenvalue weighted by Crippen LogP contribution is -2.33. The van der Waals surface area contributed by atoms with Gasteiger partial charge in [-0.3, -0.25) is 0 Å². The van der Waals surface area contributed by atoms with Crippen molar-refractivity contribution in [2.75, 3.05) is 0 Å². The minimum Gasteiger partial charge on any atom is -0.244 e. The molecule has 23 heavy (non-hydrogen) atoms. The van der Waals surface area contributed by atoms with Crippen molar-refractivity contribution in [3.05, 3.63) is 0 Å². The zero-order valence-corrected chi connectivity index (χ0v) is 16.7. The Morgan fingerprint density at radius 3 is 1.26 bits per heavy atom. The third-order valence-electron chi connectivity index (χ3n) is 4.87. The molecule has 1 heterocycles. The summed E-state index contributed by atoms with van der Waals surface area (Å²) in [5, 5.41) is 1.31. The van der Waals surface area contributed by atoms with Crippen LogP contribution >= 0.6 is 11.8 Å². The van der Waals surface area contributed by atoms with Gasteiger partial charge in [0.2, 0.25) is 0 Å². The summed E-state index contributed by atoms with van der Waals surface area (Å²) in [6, 6.07) is 0. The molecule has 0 aromatic heterocycles. The van der Waals surface area contributed by atoms with Gasteiger partial charge in [0.1, 0.15) is 0 Å². The fourth-order valence-electron chi connectivity index (χ4n) is 3.31. The van der Waals surface area contributed by atoms with Gasteiger partial charge in [-0.25, -0.2) is 10.9 Å². The third kappa shape index (κ3) is 12.3. The Bertz CT molecular complexity index is 224. The summed E-state index contributed by atoms with van der Waals surface area (Å²) in [4.78, 5) is 0. The maximum atomic E-state index is 3.50. The lowest BCUT2D eigenvalue weighted by Gasteiger charge is -2.09. The maximum absolute atomic E-state index is 3.50. The molecule has 0 amide bonds. The molecule has 0 aromatic carbocycles. The first-order valence-corrected chi connectivity index (χ1v) is 11.5. The summed E-state index contributed by atoms with van der Waals surface area (Å²) in [6.07, 6.45) is 22.5. The molecule has 138 valence electrons. The predicted molar refractivity (Wildman–Crippen MR) is 107 cm³/mol. The Morgan fingerprint density at radius 2 is 0.870 bits per heavy atom. The van der Waals surface area contributed by atoms with E-state index in [1.807, 2.05) is 0 Å². The Morgan fingerprint density at radius 1 is 0.522 bits per heavy atom. The highest BCUT2D eigenvalue weighted by Crippen LogP contribution is 2.27. The molecule has 0 spiro atoms. The van der Waals surface area contributed by atoms with Gasteiger partial charge in [0.05, 0.1) is 10.7 Å². The number of nitrogens with one attached hydrogen (secondary N) is 2. The Labute approximate surface area is 150 Å². The lowest BCUT2D eigenvalue weighted by atomic mass is 10.1. The molecule has 1 aliphatic rings. The largest absolute Gasteiger partial charge is 0.244 e. The van der Waals surface area contributed by atoms with Crippen LogP contribution < -0.4 is 10.9 Å². The van der Waals surface area contributed by atoms with Crippen LogP contribution in [0.3, 0.4) is 0 Å². The van der Waals surface area contributed by atoms with Crippen LogP contribution in [0.5, 0.6) is 0 Å². The fourth-order valence-corrected chi connectivity index (χ4v) is 4.58. The average molecular weight is 343 g/mol. The summed E-state index contributed by atoms with van der Waals surface area (Å²) in [7, 11) is 0. The Kier molecular flexibility index (Phi) is 14.6. The zero-order chi connectivity index (χ0) is 16.6. The second-order valence-electron chi connectivity index (χ2n) is 7.22. The van der Waals surface area contributed by atoms with E-state index in [0.717, 1.165) is 0 Å². The molecule has 1 rings (SSSR count). The molecular formula is C20H42N2S. The van der Waals surface area contributed by atoms with Crippen molar-refractivity contribution in [1.29, 1.82) is 0 Å². The molecule has 0 bridgehead atoms. The number of hydrogen-bond donors (Lipinski definition) is 2. The van der Waals surface area contributed by atoms with Gasteiger partial charge < -0.3 is 0 Å². The van der Waals surface area contributed by atoms with E-state index in [2.05, 4.69) is 36.5 Å². The number of thioether (sulfide) groups is 1. The van der Waals surface area contributed by atoms with Gasteiger partial charge in [0, 0.05) is 0 Å². The first-order valence-electron chi connectivity index (χ1n) is 10.5. The molecule has 0 aliphatic carbocycles. The standard InChI is InChI=1S/C20H42N2S/c1-3-5-7-9-11-13-15-17-19-21-22-20(23-19)18-16-14-12-10-8-6-4-2/h19-22H,3-18H2,1-2H3/t19-,20-/m1/s1. The van der Waals surface area contributed by atoms with Crippen LogP contribution in [0.2, 0.25) is 0 Å². The summed E-state index contributed by atoms with van der Waals surface area (Å²) >= 11 is 2.13. The highest BCUT2D eigenvalue weighted by molar-refractivity contribution is 8.00. The van der Waals surface area contributed by atoms with Crippen LogP contribution in [0, 0.1) is 0 Å². The smallest absolute Gasteiger partial charge is 0.0682 e. The van der Waals surface area contributed by atoms with Crippen LogP contribution in [0.1, 0.15) is 117 Å². The summed E-state index contributed by atoms with van der Waals surface area (Å²) in [5.41, 5.74) is 7.00. The molecule has 1 aliphatic heterocycles. The zero-order valence-electron chi connectivity index (χ0n) is 15.9. The number of hydrazine groups is 1. The quantitative estimate of drug-likeness (QED) is 0.303.